The van der Waals surface area contributed by atoms with Crippen LogP contribution in [0.4, 0.5) is 0 Å². The zero-order valence-corrected chi connectivity index (χ0v) is 17.2. The van der Waals surface area contributed by atoms with Gasteiger partial charge in [-0.25, -0.2) is 4.79 Å². The number of rotatable bonds is 5. The molecule has 5 heteroatoms. The molecule has 1 saturated heterocycles. The highest BCUT2D eigenvalue weighted by Gasteiger charge is 2.45. The Morgan fingerprint density at radius 1 is 1.23 bits per heavy atom. The van der Waals surface area contributed by atoms with Crippen LogP contribution in [0.5, 0.6) is 0 Å². The molecule has 2 heterocycles. The smallest absolute Gasteiger partial charge is 0.355 e. The Labute approximate surface area is 158 Å². The molecular formula is C21H35NO4. The van der Waals surface area contributed by atoms with Gasteiger partial charge in [-0.2, -0.15) is 0 Å². The number of carbonyl (C=O) groups excluding carboxylic acids is 1. The topological polar surface area (TPSA) is 59.0 Å². The van der Waals surface area contributed by atoms with Crippen molar-refractivity contribution in [2.45, 2.75) is 90.8 Å². The summed E-state index contributed by atoms with van der Waals surface area (Å²) in [6.07, 6.45) is 7.62. The lowest BCUT2D eigenvalue weighted by Gasteiger charge is -2.50. The minimum Gasteiger partial charge on any atom is -0.494 e. The summed E-state index contributed by atoms with van der Waals surface area (Å²) < 4.78 is 5.61. The number of ether oxygens (including phenoxy) is 1. The van der Waals surface area contributed by atoms with Gasteiger partial charge in [-0.1, -0.05) is 13.8 Å². The Balaban J connectivity index is 2.28. The molecule has 26 heavy (non-hydrogen) atoms. The number of hydrogen-bond donors (Lipinski definition) is 1. The monoisotopic (exact) mass is 365 g/mol. The predicted molar refractivity (Wildman–Crippen MR) is 102 cm³/mol. The molecule has 0 radical (unpaired) electrons. The second-order valence-electron chi connectivity index (χ2n) is 9.04. The molecule has 1 unspecified atom stereocenters. The van der Waals surface area contributed by atoms with Crippen molar-refractivity contribution >= 4 is 5.97 Å². The molecule has 0 aromatic heterocycles. The van der Waals surface area contributed by atoms with E-state index in [9.17, 15) is 9.90 Å². The van der Waals surface area contributed by atoms with Crippen molar-refractivity contribution in [3.05, 3.63) is 23.5 Å². The van der Waals surface area contributed by atoms with E-state index in [1.54, 1.807) is 6.08 Å². The van der Waals surface area contributed by atoms with Crippen LogP contribution >= 0.6 is 0 Å². The summed E-state index contributed by atoms with van der Waals surface area (Å²) >= 11 is 0. The van der Waals surface area contributed by atoms with Crippen molar-refractivity contribution < 1.29 is 19.5 Å². The molecule has 1 atom stereocenters. The van der Waals surface area contributed by atoms with Gasteiger partial charge >= 0.3 is 5.97 Å². The van der Waals surface area contributed by atoms with Crippen molar-refractivity contribution in [2.75, 3.05) is 6.61 Å². The van der Waals surface area contributed by atoms with Gasteiger partial charge in [0, 0.05) is 0 Å². The summed E-state index contributed by atoms with van der Waals surface area (Å²) in [6.45, 7) is 12.8. The standard InChI is InChI=1S/C21H35NO4/c1-15(2)18(23)17(14-16-10-7-8-13-25-16)19(24)26-22-20(3,4)11-9-12-21(22,5)6/h10,14-15,18,23H,7-9,11-13H2,1-6H3/b17-14+. The van der Waals surface area contributed by atoms with Crippen LogP contribution in [-0.4, -0.2) is 39.9 Å². The number of nitrogens with zero attached hydrogens (tertiary/aromatic N) is 1. The fraction of sp³-hybridized carbons (Fsp3) is 0.762. The average Bonchev–Trinajstić information content (AvgIpc) is 2.55. The molecular weight excluding hydrogens is 330 g/mol. The number of hydroxylamine groups is 2. The van der Waals surface area contributed by atoms with Crippen molar-refractivity contribution in [1.82, 2.24) is 5.06 Å². The van der Waals surface area contributed by atoms with Crippen LogP contribution in [0, 0.1) is 5.92 Å². The molecule has 0 amide bonds. The highest BCUT2D eigenvalue weighted by molar-refractivity contribution is 5.90. The molecule has 0 spiro atoms. The molecule has 2 rings (SSSR count). The number of hydrogen-bond acceptors (Lipinski definition) is 5. The quantitative estimate of drug-likeness (QED) is 0.743. The molecule has 148 valence electrons. The summed E-state index contributed by atoms with van der Waals surface area (Å²) in [5.41, 5.74) is -0.233. The maximum absolute atomic E-state index is 13.0. The lowest BCUT2D eigenvalue weighted by molar-refractivity contribution is -0.263. The molecule has 0 aliphatic carbocycles. The average molecular weight is 366 g/mol. The normalized spacial score (nSPS) is 24.6. The maximum Gasteiger partial charge on any atom is 0.355 e. The summed E-state index contributed by atoms with van der Waals surface area (Å²) in [7, 11) is 0. The number of aliphatic hydroxyl groups excluding tert-OH is 1. The van der Waals surface area contributed by atoms with E-state index in [4.69, 9.17) is 9.57 Å². The fourth-order valence-corrected chi connectivity index (χ4v) is 3.81. The largest absolute Gasteiger partial charge is 0.494 e. The second kappa shape index (κ2) is 8.13. The van der Waals surface area contributed by atoms with Crippen LogP contribution in [0.3, 0.4) is 0 Å². The van der Waals surface area contributed by atoms with Crippen LogP contribution in [0.1, 0.15) is 73.6 Å². The number of piperidine rings is 1. The first-order valence-electron chi connectivity index (χ1n) is 9.80. The van der Waals surface area contributed by atoms with E-state index in [1.807, 2.05) is 25.0 Å². The first kappa shape index (κ1) is 21.0. The fourth-order valence-electron chi connectivity index (χ4n) is 3.81. The van der Waals surface area contributed by atoms with Gasteiger partial charge in [-0.3, -0.25) is 0 Å². The van der Waals surface area contributed by atoms with Gasteiger partial charge in [0.15, 0.2) is 0 Å². The molecule has 1 fully saturated rings. The first-order chi connectivity index (χ1) is 12.0. The summed E-state index contributed by atoms with van der Waals surface area (Å²) in [5.74, 6) is 0.0461. The SMILES string of the molecule is CC(C)C(O)/C(=C\C1=CCCCO1)C(=O)ON1C(C)(C)CCCC1(C)C. The Morgan fingerprint density at radius 3 is 2.35 bits per heavy atom. The molecule has 0 bridgehead atoms. The Kier molecular flexibility index (Phi) is 6.56. The van der Waals surface area contributed by atoms with Gasteiger partial charge in [-0.05, 0) is 77.9 Å². The van der Waals surface area contributed by atoms with Crippen molar-refractivity contribution in [3.63, 3.8) is 0 Å². The van der Waals surface area contributed by atoms with Crippen molar-refractivity contribution in [3.8, 4) is 0 Å². The van der Waals surface area contributed by atoms with E-state index in [1.165, 1.54) is 0 Å². The lowest BCUT2D eigenvalue weighted by atomic mass is 9.82. The van der Waals surface area contributed by atoms with Gasteiger partial charge in [0.25, 0.3) is 0 Å². The van der Waals surface area contributed by atoms with E-state index < -0.39 is 12.1 Å². The highest BCUT2D eigenvalue weighted by Crippen LogP contribution is 2.38. The van der Waals surface area contributed by atoms with Gasteiger partial charge in [0.2, 0.25) is 0 Å². The molecule has 0 saturated carbocycles. The minimum atomic E-state index is -0.898. The van der Waals surface area contributed by atoms with Crippen molar-refractivity contribution in [2.24, 2.45) is 5.92 Å². The molecule has 2 aliphatic rings. The second-order valence-corrected chi connectivity index (χ2v) is 9.04. The minimum absolute atomic E-state index is 0.0969. The van der Waals surface area contributed by atoms with Crippen LogP contribution in [0.2, 0.25) is 0 Å². The van der Waals surface area contributed by atoms with E-state index >= 15 is 0 Å². The zero-order valence-electron chi connectivity index (χ0n) is 17.2. The van der Waals surface area contributed by atoms with Crippen LogP contribution in [-0.2, 0) is 14.4 Å². The third-order valence-electron chi connectivity index (χ3n) is 5.30. The summed E-state index contributed by atoms with van der Waals surface area (Å²) in [4.78, 5) is 18.9. The molecule has 5 nitrogen and oxygen atoms in total. The zero-order chi connectivity index (χ0) is 19.5. The maximum atomic E-state index is 13.0. The molecule has 0 aromatic carbocycles. The molecule has 1 N–H and O–H groups in total. The lowest BCUT2D eigenvalue weighted by Crippen LogP contribution is -2.59. The van der Waals surface area contributed by atoms with Crippen LogP contribution in [0.25, 0.3) is 0 Å². The molecule has 2 aliphatic heterocycles. The van der Waals surface area contributed by atoms with Gasteiger partial charge < -0.3 is 14.7 Å². The Morgan fingerprint density at radius 2 is 1.85 bits per heavy atom. The number of carbonyl (C=O) groups is 1. The Hall–Kier alpha value is -1.33. The van der Waals surface area contributed by atoms with Crippen LogP contribution in [0.15, 0.2) is 23.5 Å². The van der Waals surface area contributed by atoms with E-state index in [-0.39, 0.29) is 22.6 Å². The summed E-state index contributed by atoms with van der Waals surface area (Å²) in [6, 6.07) is 0. The van der Waals surface area contributed by atoms with E-state index in [2.05, 4.69) is 27.7 Å². The van der Waals surface area contributed by atoms with Gasteiger partial charge in [0.1, 0.15) is 5.76 Å². The van der Waals surface area contributed by atoms with Crippen LogP contribution < -0.4 is 0 Å². The number of aliphatic hydroxyl groups is 1. The highest BCUT2D eigenvalue weighted by atomic mass is 16.7. The van der Waals surface area contributed by atoms with Gasteiger partial charge in [0.05, 0.1) is 29.4 Å². The first-order valence-corrected chi connectivity index (χ1v) is 9.80. The van der Waals surface area contributed by atoms with Crippen molar-refractivity contribution in [1.29, 1.82) is 0 Å². The Bertz CT molecular complexity index is 559. The van der Waals surface area contributed by atoms with Gasteiger partial charge in [-0.15, -0.1) is 5.06 Å². The van der Waals surface area contributed by atoms with E-state index in [0.717, 1.165) is 32.1 Å². The predicted octanol–water partition coefficient (Wildman–Crippen LogP) is 4.13. The molecule has 0 aromatic rings. The van der Waals surface area contributed by atoms with E-state index in [0.29, 0.717) is 12.4 Å². The summed E-state index contributed by atoms with van der Waals surface area (Å²) in [5, 5.41) is 12.4. The third kappa shape index (κ3) is 4.89. The third-order valence-corrected chi connectivity index (χ3v) is 5.30. The number of allylic oxidation sites excluding steroid dienone is 2.